The molecule has 1 heterocycles. The first-order valence-corrected chi connectivity index (χ1v) is 6.90. The molecule has 0 saturated carbocycles. The monoisotopic (exact) mass is 255 g/mol. The third-order valence-electron chi connectivity index (χ3n) is 2.77. The Labute approximate surface area is 107 Å². The van der Waals surface area contributed by atoms with Crippen LogP contribution in [0.3, 0.4) is 0 Å². The van der Waals surface area contributed by atoms with E-state index in [1.165, 1.54) is 16.9 Å². The second-order valence-corrected chi connectivity index (χ2v) is 5.29. The van der Waals surface area contributed by atoms with E-state index >= 15 is 0 Å². The van der Waals surface area contributed by atoms with Crippen LogP contribution in [0.2, 0.25) is 0 Å². The molecule has 1 aromatic heterocycles. The molecular formula is C13H21NO2S. The summed E-state index contributed by atoms with van der Waals surface area (Å²) in [5.74, 6) is -0.136. The summed E-state index contributed by atoms with van der Waals surface area (Å²) in [6.45, 7) is 2.15. The van der Waals surface area contributed by atoms with Gasteiger partial charge in [-0.3, -0.25) is 4.79 Å². The molecule has 17 heavy (non-hydrogen) atoms. The van der Waals surface area contributed by atoms with Crippen molar-refractivity contribution >= 4 is 17.3 Å². The van der Waals surface area contributed by atoms with Crippen LogP contribution in [0, 0.1) is 0 Å². The Balaban J connectivity index is 2.25. The van der Waals surface area contributed by atoms with Crippen molar-refractivity contribution in [1.82, 2.24) is 0 Å². The quantitative estimate of drug-likeness (QED) is 0.602. The number of esters is 1. The van der Waals surface area contributed by atoms with Crippen LogP contribution >= 0.6 is 11.3 Å². The van der Waals surface area contributed by atoms with Crippen molar-refractivity contribution in [3.63, 3.8) is 0 Å². The maximum Gasteiger partial charge on any atom is 0.305 e. The van der Waals surface area contributed by atoms with Crippen LogP contribution in [0.25, 0.3) is 0 Å². The normalized spacial score (nSPS) is 12.4. The van der Waals surface area contributed by atoms with E-state index in [0.29, 0.717) is 6.42 Å². The van der Waals surface area contributed by atoms with Crippen LogP contribution in [-0.2, 0) is 16.0 Å². The van der Waals surface area contributed by atoms with Gasteiger partial charge in [-0.15, -0.1) is 11.3 Å². The fourth-order valence-electron chi connectivity index (χ4n) is 1.66. The highest BCUT2D eigenvalue weighted by Crippen LogP contribution is 2.25. The van der Waals surface area contributed by atoms with Gasteiger partial charge in [0.2, 0.25) is 0 Å². The van der Waals surface area contributed by atoms with Crippen molar-refractivity contribution in [3.8, 4) is 0 Å². The number of rotatable bonds is 7. The van der Waals surface area contributed by atoms with Gasteiger partial charge in [-0.25, -0.2) is 0 Å². The summed E-state index contributed by atoms with van der Waals surface area (Å²) in [6.07, 6.45) is 4.32. The molecule has 4 heteroatoms. The highest BCUT2D eigenvalue weighted by Gasteiger charge is 2.09. The summed E-state index contributed by atoms with van der Waals surface area (Å²) >= 11 is 1.79. The minimum atomic E-state index is -0.136. The van der Waals surface area contributed by atoms with Gasteiger partial charge in [0.25, 0.3) is 0 Å². The SMILES string of the molecule is CCc1ccc(C(N)CCCCC(=O)OC)s1. The smallest absolute Gasteiger partial charge is 0.305 e. The summed E-state index contributed by atoms with van der Waals surface area (Å²) in [5.41, 5.74) is 6.11. The van der Waals surface area contributed by atoms with Crippen molar-refractivity contribution < 1.29 is 9.53 Å². The molecule has 0 aromatic carbocycles. The fourth-order valence-corrected chi connectivity index (χ4v) is 2.65. The van der Waals surface area contributed by atoms with Gasteiger partial charge in [0.15, 0.2) is 0 Å². The molecule has 1 aromatic rings. The van der Waals surface area contributed by atoms with Gasteiger partial charge < -0.3 is 10.5 Å². The van der Waals surface area contributed by atoms with Gasteiger partial charge in [0.1, 0.15) is 0 Å². The second kappa shape index (κ2) is 7.45. The molecule has 0 radical (unpaired) electrons. The Morgan fingerprint density at radius 3 is 2.82 bits per heavy atom. The molecule has 0 spiro atoms. The van der Waals surface area contributed by atoms with E-state index in [1.54, 1.807) is 11.3 Å². The molecule has 0 saturated heterocycles. The molecule has 0 amide bonds. The summed E-state index contributed by atoms with van der Waals surface area (Å²) in [5, 5.41) is 0. The Hall–Kier alpha value is -0.870. The number of hydrogen-bond acceptors (Lipinski definition) is 4. The maximum atomic E-state index is 10.9. The fraction of sp³-hybridized carbons (Fsp3) is 0.615. The molecule has 0 fully saturated rings. The molecule has 0 aliphatic heterocycles. The Bertz CT molecular complexity index is 349. The molecule has 3 nitrogen and oxygen atoms in total. The first-order valence-electron chi connectivity index (χ1n) is 6.08. The highest BCUT2D eigenvalue weighted by molar-refractivity contribution is 7.12. The van der Waals surface area contributed by atoms with E-state index in [1.807, 2.05) is 0 Å². The number of aryl methyl sites for hydroxylation is 1. The summed E-state index contributed by atoms with van der Waals surface area (Å²) < 4.78 is 4.59. The number of hydrogen-bond donors (Lipinski definition) is 1. The van der Waals surface area contributed by atoms with E-state index in [4.69, 9.17) is 5.73 Å². The van der Waals surface area contributed by atoms with Crippen LogP contribution < -0.4 is 5.73 Å². The van der Waals surface area contributed by atoms with Crippen LogP contribution in [0.4, 0.5) is 0 Å². The van der Waals surface area contributed by atoms with E-state index in [-0.39, 0.29) is 12.0 Å². The van der Waals surface area contributed by atoms with Gasteiger partial charge in [0.05, 0.1) is 7.11 Å². The summed E-state index contributed by atoms with van der Waals surface area (Å²) in [6, 6.07) is 4.38. The van der Waals surface area contributed by atoms with Gasteiger partial charge in [-0.1, -0.05) is 13.3 Å². The minimum Gasteiger partial charge on any atom is -0.469 e. The molecule has 1 rings (SSSR count). The first kappa shape index (κ1) is 14.2. The van der Waals surface area contributed by atoms with E-state index < -0.39 is 0 Å². The zero-order chi connectivity index (χ0) is 12.7. The first-order chi connectivity index (χ1) is 8.17. The van der Waals surface area contributed by atoms with Gasteiger partial charge in [-0.2, -0.15) is 0 Å². The molecule has 0 aliphatic rings. The van der Waals surface area contributed by atoms with Gasteiger partial charge in [-0.05, 0) is 31.4 Å². The number of methoxy groups -OCH3 is 1. The lowest BCUT2D eigenvalue weighted by Crippen LogP contribution is -2.08. The number of carbonyl (C=O) groups is 1. The lowest BCUT2D eigenvalue weighted by molar-refractivity contribution is -0.140. The average Bonchev–Trinajstić information content (AvgIpc) is 2.82. The molecular weight excluding hydrogens is 234 g/mol. The Morgan fingerprint density at radius 1 is 1.47 bits per heavy atom. The predicted molar refractivity (Wildman–Crippen MR) is 71.1 cm³/mol. The lowest BCUT2D eigenvalue weighted by atomic mass is 10.1. The molecule has 1 atom stereocenters. The Kier molecular flexibility index (Phi) is 6.22. The average molecular weight is 255 g/mol. The van der Waals surface area contributed by atoms with Crippen LogP contribution in [0.5, 0.6) is 0 Å². The zero-order valence-electron chi connectivity index (χ0n) is 10.6. The number of unbranched alkanes of at least 4 members (excludes halogenated alkanes) is 1. The van der Waals surface area contributed by atoms with Crippen molar-refractivity contribution in [2.45, 2.75) is 45.1 Å². The number of ether oxygens (including phenoxy) is 1. The molecule has 0 aliphatic carbocycles. The van der Waals surface area contributed by atoms with Crippen LogP contribution in [-0.4, -0.2) is 13.1 Å². The van der Waals surface area contributed by atoms with Gasteiger partial charge in [0, 0.05) is 22.2 Å². The molecule has 0 bridgehead atoms. The molecule has 2 N–H and O–H groups in total. The molecule has 96 valence electrons. The van der Waals surface area contributed by atoms with Gasteiger partial charge >= 0.3 is 5.97 Å². The van der Waals surface area contributed by atoms with Crippen LogP contribution in [0.15, 0.2) is 12.1 Å². The van der Waals surface area contributed by atoms with Crippen molar-refractivity contribution in [3.05, 3.63) is 21.9 Å². The summed E-state index contributed by atoms with van der Waals surface area (Å²) in [7, 11) is 1.42. The van der Waals surface area contributed by atoms with Crippen molar-refractivity contribution in [1.29, 1.82) is 0 Å². The van der Waals surface area contributed by atoms with Crippen molar-refractivity contribution in [2.24, 2.45) is 5.73 Å². The number of carbonyl (C=O) groups excluding carboxylic acids is 1. The van der Waals surface area contributed by atoms with E-state index in [9.17, 15) is 4.79 Å². The third kappa shape index (κ3) is 4.88. The molecule has 1 unspecified atom stereocenters. The van der Waals surface area contributed by atoms with Crippen LogP contribution in [0.1, 0.15) is 48.4 Å². The lowest BCUT2D eigenvalue weighted by Gasteiger charge is -2.08. The highest BCUT2D eigenvalue weighted by atomic mass is 32.1. The van der Waals surface area contributed by atoms with Crippen molar-refractivity contribution in [2.75, 3.05) is 7.11 Å². The predicted octanol–water partition coefficient (Wildman–Crippen LogP) is 3.04. The Morgan fingerprint density at radius 2 is 2.24 bits per heavy atom. The van der Waals surface area contributed by atoms with E-state index in [2.05, 4.69) is 23.8 Å². The standard InChI is InChI=1S/C13H21NO2S/c1-3-10-8-9-12(17-10)11(14)6-4-5-7-13(15)16-2/h8-9,11H,3-7,14H2,1-2H3. The third-order valence-corrected chi connectivity index (χ3v) is 4.13. The second-order valence-electron chi connectivity index (χ2n) is 4.09. The summed E-state index contributed by atoms with van der Waals surface area (Å²) in [4.78, 5) is 13.5. The number of thiophene rings is 1. The largest absolute Gasteiger partial charge is 0.469 e. The zero-order valence-corrected chi connectivity index (χ0v) is 11.4. The minimum absolute atomic E-state index is 0.109. The van der Waals surface area contributed by atoms with E-state index in [0.717, 1.165) is 25.7 Å². The number of nitrogens with two attached hydrogens (primary N) is 1. The maximum absolute atomic E-state index is 10.9. The topological polar surface area (TPSA) is 52.3 Å².